The van der Waals surface area contributed by atoms with Crippen molar-refractivity contribution in [1.82, 2.24) is 14.5 Å². The zero-order valence-corrected chi connectivity index (χ0v) is 16.1. The number of imidazole rings is 1. The van der Waals surface area contributed by atoms with Gasteiger partial charge in [0.05, 0.1) is 12.0 Å². The van der Waals surface area contributed by atoms with Crippen molar-refractivity contribution in [1.29, 1.82) is 0 Å². The number of nitrogens with one attached hydrogen (secondary N) is 1. The lowest BCUT2D eigenvalue weighted by Gasteiger charge is -2.31. The number of benzene rings is 2. The minimum atomic E-state index is -1.00. The molecule has 0 saturated heterocycles. The minimum Gasteiger partial charge on any atom is -0.379 e. The molecule has 1 aliphatic carbocycles. The first-order chi connectivity index (χ1) is 13.7. The number of nitrogens with zero attached hydrogens (tertiary/aromatic N) is 3. The molecule has 1 atom stereocenters. The van der Waals surface area contributed by atoms with Crippen LogP contribution in [0.4, 0.5) is 10.8 Å². The summed E-state index contributed by atoms with van der Waals surface area (Å²) in [5.41, 5.74) is 2.74. The molecule has 0 bridgehead atoms. The summed E-state index contributed by atoms with van der Waals surface area (Å²) in [4.78, 5) is 10.0. The maximum Gasteiger partial charge on any atom is 0.187 e. The van der Waals surface area contributed by atoms with E-state index < -0.39 is 5.60 Å². The molecular weight excluding hydrogens is 368 g/mol. The Balaban J connectivity index is 1.42. The van der Waals surface area contributed by atoms with Gasteiger partial charge in [-0.1, -0.05) is 30.3 Å². The normalized spacial score (nSPS) is 18.6. The van der Waals surface area contributed by atoms with Gasteiger partial charge in [-0.05, 0) is 49.1 Å². The Bertz CT molecular complexity index is 1070. The first-order valence-electron chi connectivity index (χ1n) is 9.36. The summed E-state index contributed by atoms with van der Waals surface area (Å²) in [5.74, 6) is 0. The lowest BCUT2D eigenvalue weighted by Crippen LogP contribution is -2.31. The van der Waals surface area contributed by atoms with E-state index in [4.69, 9.17) is 4.98 Å². The fraction of sp³-hybridized carbons (Fsp3) is 0.182. The number of aliphatic hydroxyl groups is 1. The van der Waals surface area contributed by atoms with Crippen molar-refractivity contribution in [3.63, 3.8) is 0 Å². The van der Waals surface area contributed by atoms with Crippen LogP contribution in [0.1, 0.15) is 29.0 Å². The summed E-state index contributed by atoms with van der Waals surface area (Å²) in [6.45, 7) is 0. The van der Waals surface area contributed by atoms with Crippen molar-refractivity contribution in [3.8, 4) is 5.69 Å². The Hall–Kier alpha value is -2.96. The highest BCUT2D eigenvalue weighted by Gasteiger charge is 2.39. The lowest BCUT2D eigenvalue weighted by atomic mass is 9.81. The fourth-order valence-corrected chi connectivity index (χ4v) is 4.86. The number of aryl methyl sites for hydroxylation is 1. The van der Waals surface area contributed by atoms with Crippen molar-refractivity contribution in [2.24, 2.45) is 0 Å². The van der Waals surface area contributed by atoms with Gasteiger partial charge in [-0.15, -0.1) is 11.3 Å². The van der Waals surface area contributed by atoms with Gasteiger partial charge in [0.25, 0.3) is 0 Å². The molecule has 140 valence electrons. The second kappa shape index (κ2) is 6.89. The molecule has 5 rings (SSSR count). The molecule has 6 heteroatoms. The van der Waals surface area contributed by atoms with E-state index in [0.717, 1.165) is 45.5 Å². The number of aromatic nitrogens is 3. The molecular formula is C22H20N4OS. The summed E-state index contributed by atoms with van der Waals surface area (Å²) < 4.78 is 1.96. The molecule has 5 nitrogen and oxygen atoms in total. The summed E-state index contributed by atoms with van der Waals surface area (Å²) in [6.07, 6.45) is 8.08. The van der Waals surface area contributed by atoms with Crippen LogP contribution in [0, 0.1) is 0 Å². The molecule has 1 unspecified atom stereocenters. The van der Waals surface area contributed by atoms with Crippen LogP contribution in [0.5, 0.6) is 0 Å². The molecule has 2 heterocycles. The third-order valence-electron chi connectivity index (χ3n) is 5.20. The number of anilines is 2. The Kier molecular flexibility index (Phi) is 4.22. The highest BCUT2D eigenvalue weighted by molar-refractivity contribution is 7.15. The summed E-state index contributed by atoms with van der Waals surface area (Å²) in [5, 5.41) is 15.6. The molecule has 4 aromatic rings. The molecule has 0 fully saturated rings. The Morgan fingerprint density at radius 1 is 1.07 bits per heavy atom. The van der Waals surface area contributed by atoms with Crippen LogP contribution < -0.4 is 5.32 Å². The zero-order valence-electron chi connectivity index (χ0n) is 15.2. The quantitative estimate of drug-likeness (QED) is 0.534. The molecule has 0 aliphatic heterocycles. The van der Waals surface area contributed by atoms with Crippen molar-refractivity contribution in [2.75, 3.05) is 5.32 Å². The van der Waals surface area contributed by atoms with Gasteiger partial charge in [0, 0.05) is 28.6 Å². The van der Waals surface area contributed by atoms with Gasteiger partial charge in [0.1, 0.15) is 5.60 Å². The fourth-order valence-electron chi connectivity index (χ4n) is 3.77. The molecule has 0 spiro atoms. The molecule has 0 amide bonds. The smallest absolute Gasteiger partial charge is 0.187 e. The SMILES string of the molecule is OC1(c2ccccc2)CCCc2sc(Nc3ccc(-n4ccnc4)cc3)nc21. The number of fused-ring (bicyclic) bond motifs is 1. The van der Waals surface area contributed by atoms with Gasteiger partial charge in [-0.2, -0.15) is 0 Å². The van der Waals surface area contributed by atoms with Crippen LogP contribution in [-0.2, 0) is 12.0 Å². The summed E-state index contributed by atoms with van der Waals surface area (Å²) >= 11 is 1.63. The molecule has 2 aromatic carbocycles. The third kappa shape index (κ3) is 3.00. The summed E-state index contributed by atoms with van der Waals surface area (Å²) in [6, 6.07) is 18.0. The van der Waals surface area contributed by atoms with E-state index in [1.165, 1.54) is 0 Å². The van der Waals surface area contributed by atoms with E-state index >= 15 is 0 Å². The van der Waals surface area contributed by atoms with Gasteiger partial charge in [0.2, 0.25) is 0 Å². The van der Waals surface area contributed by atoms with E-state index in [9.17, 15) is 5.11 Å². The van der Waals surface area contributed by atoms with Crippen molar-refractivity contribution >= 4 is 22.2 Å². The maximum atomic E-state index is 11.4. The third-order valence-corrected chi connectivity index (χ3v) is 6.23. The van der Waals surface area contributed by atoms with E-state index in [-0.39, 0.29) is 0 Å². The van der Waals surface area contributed by atoms with Gasteiger partial charge < -0.3 is 15.0 Å². The monoisotopic (exact) mass is 388 g/mol. The second-order valence-corrected chi connectivity index (χ2v) is 8.10. The van der Waals surface area contributed by atoms with Gasteiger partial charge in [-0.3, -0.25) is 0 Å². The number of thiazole rings is 1. The lowest BCUT2D eigenvalue weighted by molar-refractivity contribution is 0.0581. The molecule has 1 aliphatic rings. The largest absolute Gasteiger partial charge is 0.379 e. The highest BCUT2D eigenvalue weighted by Crippen LogP contribution is 2.43. The van der Waals surface area contributed by atoms with Crippen LogP contribution in [0.15, 0.2) is 73.3 Å². The van der Waals surface area contributed by atoms with Crippen LogP contribution >= 0.6 is 11.3 Å². The first kappa shape index (κ1) is 17.2. The Morgan fingerprint density at radius 3 is 2.64 bits per heavy atom. The first-order valence-corrected chi connectivity index (χ1v) is 10.2. The van der Waals surface area contributed by atoms with Crippen LogP contribution in [0.2, 0.25) is 0 Å². The van der Waals surface area contributed by atoms with E-state index in [1.807, 2.05) is 65.4 Å². The van der Waals surface area contributed by atoms with Crippen molar-refractivity contribution < 1.29 is 5.11 Å². The molecule has 2 aromatic heterocycles. The number of hydrogen-bond donors (Lipinski definition) is 2. The maximum absolute atomic E-state index is 11.4. The predicted octanol–water partition coefficient (Wildman–Crippen LogP) is 4.64. The average Bonchev–Trinajstić information content (AvgIpc) is 3.40. The summed E-state index contributed by atoms with van der Waals surface area (Å²) in [7, 11) is 0. The van der Waals surface area contributed by atoms with E-state index in [2.05, 4.69) is 10.3 Å². The molecule has 2 N–H and O–H groups in total. The van der Waals surface area contributed by atoms with Crippen LogP contribution in [-0.4, -0.2) is 19.6 Å². The Labute approximate surface area is 167 Å². The predicted molar refractivity (Wildman–Crippen MR) is 111 cm³/mol. The van der Waals surface area contributed by atoms with E-state index in [0.29, 0.717) is 6.42 Å². The highest BCUT2D eigenvalue weighted by atomic mass is 32.1. The minimum absolute atomic E-state index is 0.701. The number of hydrogen-bond acceptors (Lipinski definition) is 5. The second-order valence-electron chi connectivity index (χ2n) is 7.01. The molecule has 28 heavy (non-hydrogen) atoms. The Morgan fingerprint density at radius 2 is 1.89 bits per heavy atom. The molecule has 0 saturated carbocycles. The van der Waals surface area contributed by atoms with E-state index in [1.54, 1.807) is 23.9 Å². The number of rotatable bonds is 4. The van der Waals surface area contributed by atoms with Crippen molar-refractivity contribution in [3.05, 3.63) is 89.5 Å². The van der Waals surface area contributed by atoms with Crippen LogP contribution in [0.25, 0.3) is 5.69 Å². The van der Waals surface area contributed by atoms with Gasteiger partial charge in [-0.25, -0.2) is 9.97 Å². The van der Waals surface area contributed by atoms with Gasteiger partial charge in [0.15, 0.2) is 5.13 Å². The van der Waals surface area contributed by atoms with Crippen molar-refractivity contribution in [2.45, 2.75) is 24.9 Å². The zero-order chi connectivity index (χ0) is 19.0. The van der Waals surface area contributed by atoms with Crippen LogP contribution in [0.3, 0.4) is 0 Å². The molecule has 0 radical (unpaired) electrons. The topological polar surface area (TPSA) is 63.0 Å². The standard InChI is InChI=1S/C22H20N4OS/c27-22(16-5-2-1-3-6-16)12-4-7-19-20(22)25-21(28-19)24-17-8-10-18(11-9-17)26-14-13-23-15-26/h1-3,5-6,8-11,13-15,27H,4,7,12H2,(H,24,25). The average molecular weight is 388 g/mol. The van der Waals surface area contributed by atoms with Gasteiger partial charge >= 0.3 is 0 Å².